The normalized spacial score (nSPS) is 23.4. The molecule has 0 aliphatic carbocycles. The van der Waals surface area contributed by atoms with E-state index in [-0.39, 0.29) is 12.2 Å². The zero-order valence-electron chi connectivity index (χ0n) is 14.9. The number of rotatable bonds is 7. The lowest BCUT2D eigenvalue weighted by atomic mass is 10.1. The Hall–Kier alpha value is -0.303. The van der Waals surface area contributed by atoms with Crippen LogP contribution in [0.3, 0.4) is 0 Å². The van der Waals surface area contributed by atoms with Crippen molar-refractivity contribution in [2.75, 3.05) is 0 Å². The molecule has 1 fully saturated rings. The minimum atomic E-state index is -1.60. The fraction of sp³-hybridized carbons (Fsp3) is 0.889. The molecular formula is C18H34O2Si. The van der Waals surface area contributed by atoms with Crippen molar-refractivity contribution >= 4 is 8.07 Å². The topological polar surface area (TPSA) is 32.8 Å². The quantitative estimate of drug-likeness (QED) is 0.426. The lowest BCUT2D eigenvalue weighted by Gasteiger charge is -2.38. The summed E-state index contributed by atoms with van der Waals surface area (Å²) in [7, 11) is -1.60. The van der Waals surface area contributed by atoms with Gasteiger partial charge in [0.1, 0.15) is 8.07 Å². The van der Waals surface area contributed by atoms with Gasteiger partial charge >= 0.3 is 0 Å². The molecule has 0 spiro atoms. The highest BCUT2D eigenvalue weighted by Crippen LogP contribution is 2.40. The summed E-state index contributed by atoms with van der Waals surface area (Å²) < 4.78 is 5.35. The second-order valence-electron chi connectivity index (χ2n) is 7.51. The van der Waals surface area contributed by atoms with Crippen LogP contribution in [-0.2, 0) is 4.74 Å². The minimum Gasteiger partial charge on any atom is -0.393 e. The van der Waals surface area contributed by atoms with Gasteiger partial charge < -0.3 is 9.84 Å². The van der Waals surface area contributed by atoms with E-state index in [4.69, 9.17) is 4.74 Å². The smallest absolute Gasteiger partial charge is 0.145 e. The maximum absolute atomic E-state index is 10.00. The van der Waals surface area contributed by atoms with E-state index in [1.807, 2.05) is 0 Å². The number of epoxide rings is 1. The largest absolute Gasteiger partial charge is 0.393 e. The molecular weight excluding hydrogens is 276 g/mol. The van der Waals surface area contributed by atoms with Crippen molar-refractivity contribution in [2.24, 2.45) is 0 Å². The molecule has 0 radical (unpaired) electrons. The standard InChI is InChI=1S/C18H34O2Si/c1-13(2)21(14(3)4,15(5)6)11-9-8-10-17(19)12-18-16(7)20-18/h13-19H,8,10,12H2,1-7H3/t16-,17-,18+/m1/s1. The number of aliphatic hydroxyl groups is 1. The van der Waals surface area contributed by atoms with Crippen LogP contribution in [0.15, 0.2) is 0 Å². The van der Waals surface area contributed by atoms with E-state index in [1.54, 1.807) is 0 Å². The Morgan fingerprint density at radius 1 is 1.05 bits per heavy atom. The Morgan fingerprint density at radius 2 is 1.52 bits per heavy atom. The Labute approximate surface area is 132 Å². The lowest BCUT2D eigenvalue weighted by molar-refractivity contribution is 0.144. The molecule has 1 rings (SSSR count). The second-order valence-corrected chi connectivity index (χ2v) is 13.1. The molecule has 0 aromatic rings. The van der Waals surface area contributed by atoms with Gasteiger partial charge in [0, 0.05) is 12.8 Å². The summed E-state index contributed by atoms with van der Waals surface area (Å²) in [6.07, 6.45) is 2.71. The van der Waals surface area contributed by atoms with Crippen molar-refractivity contribution in [2.45, 2.75) is 103 Å². The van der Waals surface area contributed by atoms with Gasteiger partial charge in [0.15, 0.2) is 0 Å². The number of hydrogen-bond donors (Lipinski definition) is 1. The highest BCUT2D eigenvalue weighted by Gasteiger charge is 2.41. The SMILES string of the molecule is CC(C)[Si](C#CCC[C@@H](O)C[C@@H]1O[C@@H]1C)(C(C)C)C(C)C. The van der Waals surface area contributed by atoms with E-state index in [2.05, 4.69) is 59.9 Å². The van der Waals surface area contributed by atoms with Crippen LogP contribution in [0.1, 0.15) is 67.7 Å². The molecule has 21 heavy (non-hydrogen) atoms. The maximum Gasteiger partial charge on any atom is 0.145 e. The average molecular weight is 311 g/mol. The van der Waals surface area contributed by atoms with Crippen molar-refractivity contribution in [1.29, 1.82) is 0 Å². The van der Waals surface area contributed by atoms with E-state index < -0.39 is 8.07 Å². The van der Waals surface area contributed by atoms with Gasteiger partial charge in [-0.05, 0) is 30.0 Å². The Bertz CT molecular complexity index is 357. The van der Waals surface area contributed by atoms with Gasteiger partial charge in [-0.3, -0.25) is 0 Å². The lowest BCUT2D eigenvalue weighted by Crippen LogP contribution is -2.43. The molecule has 0 saturated carbocycles. The molecule has 1 saturated heterocycles. The minimum absolute atomic E-state index is 0.262. The van der Waals surface area contributed by atoms with Gasteiger partial charge in [-0.1, -0.05) is 41.5 Å². The summed E-state index contributed by atoms with van der Waals surface area (Å²) in [4.78, 5) is 0. The molecule has 122 valence electrons. The van der Waals surface area contributed by atoms with Crippen LogP contribution < -0.4 is 0 Å². The van der Waals surface area contributed by atoms with Crippen molar-refractivity contribution in [1.82, 2.24) is 0 Å². The highest BCUT2D eigenvalue weighted by atomic mass is 28.3. The van der Waals surface area contributed by atoms with Crippen molar-refractivity contribution in [3.63, 3.8) is 0 Å². The molecule has 1 N–H and O–H groups in total. The molecule has 1 aliphatic rings. The molecule has 3 atom stereocenters. The van der Waals surface area contributed by atoms with Crippen LogP contribution in [0.4, 0.5) is 0 Å². The predicted octanol–water partition coefficient (Wildman–Crippen LogP) is 4.53. The monoisotopic (exact) mass is 310 g/mol. The number of hydrogen-bond acceptors (Lipinski definition) is 2. The van der Waals surface area contributed by atoms with E-state index in [0.717, 1.165) is 19.3 Å². The molecule has 0 unspecified atom stereocenters. The van der Waals surface area contributed by atoms with Crippen molar-refractivity contribution in [3.05, 3.63) is 0 Å². The third-order valence-corrected chi connectivity index (χ3v) is 11.5. The summed E-state index contributed by atoms with van der Waals surface area (Å²) in [5.41, 5.74) is 5.74. The van der Waals surface area contributed by atoms with Crippen LogP contribution in [0, 0.1) is 11.5 Å². The van der Waals surface area contributed by atoms with E-state index in [0.29, 0.717) is 22.7 Å². The molecule has 3 heteroatoms. The first-order valence-electron chi connectivity index (χ1n) is 8.55. The summed E-state index contributed by atoms with van der Waals surface area (Å²) in [5, 5.41) is 10.00. The van der Waals surface area contributed by atoms with Gasteiger partial charge in [-0.15, -0.1) is 11.5 Å². The summed E-state index contributed by atoms with van der Waals surface area (Å²) in [6, 6.07) is 0. The third kappa shape index (κ3) is 4.84. The number of aliphatic hydroxyl groups excluding tert-OH is 1. The molecule has 0 aromatic carbocycles. The molecule has 1 heterocycles. The fourth-order valence-corrected chi connectivity index (χ4v) is 9.05. The van der Waals surface area contributed by atoms with E-state index in [9.17, 15) is 5.11 Å². The average Bonchev–Trinajstić information content (AvgIpc) is 3.03. The first kappa shape index (κ1) is 18.7. The molecule has 2 nitrogen and oxygen atoms in total. The van der Waals surface area contributed by atoms with E-state index in [1.165, 1.54) is 0 Å². The summed E-state index contributed by atoms with van der Waals surface area (Å²) in [6.45, 7) is 16.1. The van der Waals surface area contributed by atoms with Crippen LogP contribution in [-0.4, -0.2) is 31.5 Å². The molecule has 0 bridgehead atoms. The maximum atomic E-state index is 10.00. The first-order valence-corrected chi connectivity index (χ1v) is 10.8. The summed E-state index contributed by atoms with van der Waals surface area (Å²) in [5.74, 6) is 3.42. The Balaban J connectivity index is 2.56. The Kier molecular flexibility index (Phi) is 6.97. The highest BCUT2D eigenvalue weighted by molar-refractivity contribution is 6.90. The van der Waals surface area contributed by atoms with E-state index >= 15 is 0 Å². The summed E-state index contributed by atoms with van der Waals surface area (Å²) >= 11 is 0. The van der Waals surface area contributed by atoms with Gasteiger partial charge in [-0.2, -0.15) is 0 Å². The van der Waals surface area contributed by atoms with Crippen LogP contribution >= 0.6 is 0 Å². The first-order chi connectivity index (χ1) is 9.71. The third-order valence-electron chi connectivity index (χ3n) is 5.11. The van der Waals surface area contributed by atoms with Crippen molar-refractivity contribution in [3.8, 4) is 11.5 Å². The van der Waals surface area contributed by atoms with Gasteiger partial charge in [-0.25, -0.2) is 0 Å². The zero-order valence-corrected chi connectivity index (χ0v) is 15.9. The van der Waals surface area contributed by atoms with Crippen LogP contribution in [0.2, 0.25) is 16.6 Å². The van der Waals surface area contributed by atoms with Gasteiger partial charge in [0.25, 0.3) is 0 Å². The second kappa shape index (κ2) is 7.81. The van der Waals surface area contributed by atoms with Gasteiger partial charge in [0.05, 0.1) is 18.3 Å². The van der Waals surface area contributed by atoms with Crippen molar-refractivity contribution < 1.29 is 9.84 Å². The number of ether oxygens (including phenoxy) is 1. The molecule has 0 aromatic heterocycles. The fourth-order valence-electron chi connectivity index (χ4n) is 3.75. The molecule has 0 amide bonds. The predicted molar refractivity (Wildman–Crippen MR) is 93.0 cm³/mol. The van der Waals surface area contributed by atoms with Crippen LogP contribution in [0.25, 0.3) is 0 Å². The van der Waals surface area contributed by atoms with Crippen LogP contribution in [0.5, 0.6) is 0 Å². The van der Waals surface area contributed by atoms with Gasteiger partial charge in [0.2, 0.25) is 0 Å². The zero-order chi connectivity index (χ0) is 16.2. The molecule has 1 aliphatic heterocycles. The Morgan fingerprint density at radius 3 is 1.90 bits per heavy atom.